The summed E-state index contributed by atoms with van der Waals surface area (Å²) in [4.78, 5) is 34.2. The molecule has 0 aliphatic heterocycles. The molecule has 48 heavy (non-hydrogen) atoms. The van der Waals surface area contributed by atoms with E-state index in [0.717, 1.165) is 77.3 Å². The third kappa shape index (κ3) is 37.4. The molecule has 0 saturated heterocycles. The van der Waals surface area contributed by atoms with Crippen LogP contribution < -0.4 is 0 Å². The average molecular weight is 699 g/mol. The summed E-state index contributed by atoms with van der Waals surface area (Å²) >= 11 is 0. The molecule has 0 spiro atoms. The zero-order chi connectivity index (χ0) is 35.4. The summed E-state index contributed by atoms with van der Waals surface area (Å²) in [5.41, 5.74) is 0. The lowest BCUT2D eigenvalue weighted by Gasteiger charge is -2.19. The predicted molar refractivity (Wildman–Crippen MR) is 201 cm³/mol. The predicted octanol–water partition coefficient (Wildman–Crippen LogP) is 12.3. The molecule has 0 aromatic rings. The smallest absolute Gasteiger partial charge is 0.325 e. The molecule has 0 bridgehead atoms. The molecular weight excluding hydrogens is 623 g/mol. The van der Waals surface area contributed by atoms with Crippen molar-refractivity contribution in [3.63, 3.8) is 0 Å². The van der Waals surface area contributed by atoms with Crippen molar-refractivity contribution in [2.24, 2.45) is 0 Å². The first-order chi connectivity index (χ1) is 23.3. The molecule has 0 aliphatic rings. The SMILES string of the molecule is CCCCCCCC/C=C\CCCCCCCC(=O)OCC(COP(C)(=O)O)OC(=O)CCCCCCC/C=C\CCCCCCCC. The number of carbonyl (C=O) groups is 2. The van der Waals surface area contributed by atoms with Crippen molar-refractivity contribution in [1.29, 1.82) is 0 Å². The Kier molecular flexibility index (Phi) is 34.3. The number of rotatable bonds is 36. The highest BCUT2D eigenvalue weighted by atomic mass is 31.2. The zero-order valence-electron chi connectivity index (χ0n) is 31.4. The van der Waals surface area contributed by atoms with Crippen LogP contribution in [0.5, 0.6) is 0 Å². The van der Waals surface area contributed by atoms with Crippen LogP contribution in [-0.2, 0) is 28.2 Å². The van der Waals surface area contributed by atoms with E-state index < -0.39 is 19.7 Å². The van der Waals surface area contributed by atoms with Gasteiger partial charge >= 0.3 is 19.5 Å². The molecule has 282 valence electrons. The van der Waals surface area contributed by atoms with Gasteiger partial charge in [0.25, 0.3) is 0 Å². The Labute approximate surface area is 296 Å². The van der Waals surface area contributed by atoms with E-state index >= 15 is 0 Å². The van der Waals surface area contributed by atoms with Gasteiger partial charge in [0.1, 0.15) is 6.61 Å². The van der Waals surface area contributed by atoms with Crippen LogP contribution in [0.2, 0.25) is 0 Å². The van der Waals surface area contributed by atoms with Gasteiger partial charge in [-0.1, -0.05) is 141 Å². The fraction of sp³-hybridized carbons (Fsp3) is 0.850. The van der Waals surface area contributed by atoms with Gasteiger partial charge in [-0.15, -0.1) is 0 Å². The minimum atomic E-state index is -3.75. The van der Waals surface area contributed by atoms with Gasteiger partial charge < -0.3 is 18.9 Å². The van der Waals surface area contributed by atoms with Crippen molar-refractivity contribution in [2.75, 3.05) is 19.9 Å². The van der Waals surface area contributed by atoms with Crippen LogP contribution in [0.15, 0.2) is 24.3 Å². The van der Waals surface area contributed by atoms with Crippen molar-refractivity contribution in [1.82, 2.24) is 0 Å². The molecule has 0 rings (SSSR count). The van der Waals surface area contributed by atoms with Crippen LogP contribution in [0.25, 0.3) is 0 Å². The molecule has 0 radical (unpaired) electrons. The molecule has 0 saturated carbocycles. The van der Waals surface area contributed by atoms with E-state index in [4.69, 9.17) is 14.0 Å². The Morgan fingerprint density at radius 1 is 0.542 bits per heavy atom. The van der Waals surface area contributed by atoms with E-state index in [9.17, 15) is 19.0 Å². The maximum atomic E-state index is 12.4. The monoisotopic (exact) mass is 699 g/mol. The number of carbonyl (C=O) groups excluding carboxylic acids is 2. The van der Waals surface area contributed by atoms with Gasteiger partial charge in [0.2, 0.25) is 0 Å². The summed E-state index contributed by atoms with van der Waals surface area (Å²) in [6.07, 6.45) is 39.8. The highest BCUT2D eigenvalue weighted by Crippen LogP contribution is 2.36. The largest absolute Gasteiger partial charge is 0.462 e. The number of esters is 2. The van der Waals surface area contributed by atoms with Crippen LogP contribution in [0, 0.1) is 0 Å². The highest BCUT2D eigenvalue weighted by Gasteiger charge is 2.21. The third-order valence-electron chi connectivity index (χ3n) is 8.51. The number of hydrogen-bond donors (Lipinski definition) is 1. The number of allylic oxidation sites excluding steroid dienone is 4. The van der Waals surface area contributed by atoms with Crippen LogP contribution in [0.3, 0.4) is 0 Å². The van der Waals surface area contributed by atoms with Crippen LogP contribution >= 0.6 is 7.60 Å². The Bertz CT molecular complexity index is 835. The Morgan fingerprint density at radius 3 is 1.29 bits per heavy atom. The van der Waals surface area contributed by atoms with Gasteiger partial charge in [-0.3, -0.25) is 14.2 Å². The summed E-state index contributed by atoms with van der Waals surface area (Å²) in [5, 5.41) is 0. The lowest BCUT2D eigenvalue weighted by atomic mass is 10.1. The normalized spacial score (nSPS) is 13.7. The Morgan fingerprint density at radius 2 is 0.896 bits per heavy atom. The van der Waals surface area contributed by atoms with Gasteiger partial charge in [0, 0.05) is 19.5 Å². The van der Waals surface area contributed by atoms with Crippen LogP contribution in [0.1, 0.15) is 194 Å². The third-order valence-corrected chi connectivity index (χ3v) is 9.14. The molecule has 0 fully saturated rings. The fourth-order valence-electron chi connectivity index (χ4n) is 5.52. The first kappa shape index (κ1) is 46.6. The average Bonchev–Trinajstić information content (AvgIpc) is 3.05. The topological polar surface area (TPSA) is 99.1 Å². The molecule has 0 aromatic carbocycles. The lowest BCUT2D eigenvalue weighted by Crippen LogP contribution is -2.29. The maximum absolute atomic E-state index is 12.4. The zero-order valence-corrected chi connectivity index (χ0v) is 32.3. The van der Waals surface area contributed by atoms with Gasteiger partial charge in [0.05, 0.1) is 6.61 Å². The highest BCUT2D eigenvalue weighted by molar-refractivity contribution is 7.51. The van der Waals surface area contributed by atoms with Gasteiger partial charge in [-0.05, 0) is 64.2 Å². The first-order valence-corrected chi connectivity index (χ1v) is 21.9. The van der Waals surface area contributed by atoms with Gasteiger partial charge in [-0.25, -0.2) is 0 Å². The number of unbranched alkanes of at least 4 members (excludes halogenated alkanes) is 22. The lowest BCUT2D eigenvalue weighted by molar-refractivity contribution is -0.161. The molecule has 7 nitrogen and oxygen atoms in total. The van der Waals surface area contributed by atoms with E-state index in [1.807, 2.05) is 0 Å². The molecule has 2 atom stereocenters. The van der Waals surface area contributed by atoms with E-state index in [1.165, 1.54) is 96.3 Å². The van der Waals surface area contributed by atoms with Crippen LogP contribution in [0.4, 0.5) is 0 Å². The van der Waals surface area contributed by atoms with Crippen molar-refractivity contribution in [3.8, 4) is 0 Å². The minimum absolute atomic E-state index is 0.179. The van der Waals surface area contributed by atoms with Crippen molar-refractivity contribution >= 4 is 19.5 Å². The molecular formula is C40H75O7P. The van der Waals surface area contributed by atoms with E-state index in [-0.39, 0.29) is 25.6 Å². The molecule has 0 aliphatic carbocycles. The van der Waals surface area contributed by atoms with E-state index in [2.05, 4.69) is 38.2 Å². The second-order valence-electron chi connectivity index (χ2n) is 13.6. The maximum Gasteiger partial charge on any atom is 0.325 e. The molecule has 8 heteroatoms. The standard InChI is InChI=1S/C40H75O7P/c1-4-6-8-10-12-14-16-18-20-22-24-26-28-30-32-34-39(41)45-36-38(37-46-48(3,43)44)47-40(42)35-33-31-29-27-25-23-21-19-17-15-13-11-9-7-5-2/h18-21,38H,4-17,22-37H2,1-3H3,(H,43,44)/b20-18-,21-19-. The van der Waals surface area contributed by atoms with Crippen LogP contribution in [-0.4, -0.2) is 42.8 Å². The quantitative estimate of drug-likeness (QED) is 0.0301. The summed E-state index contributed by atoms with van der Waals surface area (Å²) in [6.45, 7) is 5.11. The van der Waals surface area contributed by atoms with E-state index in [1.54, 1.807) is 0 Å². The molecule has 0 heterocycles. The molecule has 1 N–H and O–H groups in total. The van der Waals surface area contributed by atoms with E-state index in [0.29, 0.717) is 6.42 Å². The Balaban J connectivity index is 3.97. The number of hydrogen-bond acceptors (Lipinski definition) is 6. The Hall–Kier alpha value is -1.43. The molecule has 2 unspecified atom stereocenters. The number of ether oxygens (including phenoxy) is 2. The fourth-order valence-corrected chi connectivity index (χ4v) is 5.96. The molecule has 0 aromatic heterocycles. The van der Waals surface area contributed by atoms with Crippen molar-refractivity contribution in [3.05, 3.63) is 24.3 Å². The molecule has 0 amide bonds. The minimum Gasteiger partial charge on any atom is -0.462 e. The summed E-state index contributed by atoms with van der Waals surface area (Å²) in [6, 6.07) is 0. The first-order valence-electron chi connectivity index (χ1n) is 19.9. The van der Waals surface area contributed by atoms with Gasteiger partial charge in [0.15, 0.2) is 6.10 Å². The van der Waals surface area contributed by atoms with Crippen molar-refractivity contribution in [2.45, 2.75) is 200 Å². The van der Waals surface area contributed by atoms with Gasteiger partial charge in [-0.2, -0.15) is 0 Å². The van der Waals surface area contributed by atoms with Crippen molar-refractivity contribution < 1.29 is 33.0 Å². The second-order valence-corrected chi connectivity index (χ2v) is 15.4. The second kappa shape index (κ2) is 35.4. The summed E-state index contributed by atoms with van der Waals surface area (Å²) < 4.78 is 27.4. The summed E-state index contributed by atoms with van der Waals surface area (Å²) in [7, 11) is -3.75. The summed E-state index contributed by atoms with van der Waals surface area (Å²) in [5.74, 6) is -0.756.